The van der Waals surface area contributed by atoms with E-state index in [1.54, 1.807) is 24.1 Å². The molecule has 30 heavy (non-hydrogen) atoms. The molecule has 1 atom stereocenters. The minimum Gasteiger partial charge on any atom is -0.383 e. The van der Waals surface area contributed by atoms with Crippen LogP contribution in [-0.2, 0) is 9.47 Å². The van der Waals surface area contributed by atoms with Crippen molar-refractivity contribution < 1.29 is 23.5 Å². The van der Waals surface area contributed by atoms with E-state index in [4.69, 9.17) is 9.47 Å². The summed E-state index contributed by atoms with van der Waals surface area (Å²) in [6.07, 6.45) is -0.360. The van der Waals surface area contributed by atoms with Gasteiger partial charge in [-0.3, -0.25) is 9.59 Å². The Labute approximate surface area is 176 Å². The van der Waals surface area contributed by atoms with Crippen LogP contribution in [0.15, 0.2) is 48.5 Å². The zero-order chi connectivity index (χ0) is 21.5. The maximum atomic E-state index is 14.1. The number of ether oxygens (including phenoxy) is 2. The molecule has 0 bridgehead atoms. The van der Waals surface area contributed by atoms with E-state index in [1.165, 1.54) is 17.0 Å². The Morgan fingerprint density at radius 2 is 1.93 bits per heavy atom. The third-order valence-electron chi connectivity index (χ3n) is 5.11. The summed E-state index contributed by atoms with van der Waals surface area (Å²) in [7, 11) is 1.55. The van der Waals surface area contributed by atoms with Gasteiger partial charge in [0.2, 0.25) is 0 Å². The molecular formula is C23H27FN2O4. The van der Waals surface area contributed by atoms with Crippen molar-refractivity contribution in [1.29, 1.82) is 0 Å². The van der Waals surface area contributed by atoms with Crippen LogP contribution in [0.25, 0.3) is 0 Å². The number of rotatable bonds is 7. The molecule has 0 unspecified atom stereocenters. The summed E-state index contributed by atoms with van der Waals surface area (Å²) in [6, 6.07) is 13.3. The maximum Gasteiger partial charge on any atom is 0.256 e. The van der Waals surface area contributed by atoms with E-state index in [0.29, 0.717) is 38.4 Å². The van der Waals surface area contributed by atoms with Crippen molar-refractivity contribution in [3.05, 3.63) is 71.0 Å². The van der Waals surface area contributed by atoms with E-state index >= 15 is 0 Å². The quantitative estimate of drug-likeness (QED) is 0.699. The number of carbonyl (C=O) groups is 2. The van der Waals surface area contributed by atoms with Crippen LogP contribution in [0.5, 0.6) is 0 Å². The molecule has 3 rings (SSSR count). The summed E-state index contributed by atoms with van der Waals surface area (Å²) < 4.78 is 25.1. The van der Waals surface area contributed by atoms with Crippen molar-refractivity contribution in [2.45, 2.75) is 13.0 Å². The summed E-state index contributed by atoms with van der Waals surface area (Å²) in [5, 5.41) is 0. The number of nitrogens with zero attached hydrogens (tertiary/aromatic N) is 2. The summed E-state index contributed by atoms with van der Waals surface area (Å²) >= 11 is 0. The Hall–Kier alpha value is -2.77. The third kappa shape index (κ3) is 5.43. The van der Waals surface area contributed by atoms with Gasteiger partial charge in [-0.05, 0) is 31.2 Å². The van der Waals surface area contributed by atoms with Crippen molar-refractivity contribution in [3.8, 4) is 0 Å². The Bertz CT molecular complexity index is 872. The van der Waals surface area contributed by atoms with Gasteiger partial charge in [0.25, 0.3) is 11.8 Å². The van der Waals surface area contributed by atoms with E-state index in [0.717, 1.165) is 5.56 Å². The van der Waals surface area contributed by atoms with Crippen molar-refractivity contribution in [2.75, 3.05) is 46.5 Å². The molecule has 0 aliphatic carbocycles. The van der Waals surface area contributed by atoms with Crippen LogP contribution < -0.4 is 0 Å². The molecule has 0 aromatic heterocycles. The molecule has 1 saturated heterocycles. The van der Waals surface area contributed by atoms with Crippen LogP contribution in [0.1, 0.15) is 26.3 Å². The van der Waals surface area contributed by atoms with E-state index in [1.807, 2.05) is 31.2 Å². The molecule has 0 N–H and O–H groups in total. The van der Waals surface area contributed by atoms with Gasteiger partial charge in [-0.25, -0.2) is 4.39 Å². The smallest absolute Gasteiger partial charge is 0.256 e. The van der Waals surface area contributed by atoms with Crippen molar-refractivity contribution in [1.82, 2.24) is 9.80 Å². The number of aryl methyl sites for hydroxylation is 1. The Morgan fingerprint density at radius 1 is 1.20 bits per heavy atom. The maximum absolute atomic E-state index is 14.1. The van der Waals surface area contributed by atoms with E-state index < -0.39 is 11.7 Å². The molecule has 0 spiro atoms. The average Bonchev–Trinajstić information content (AvgIpc) is 2.77. The standard InChI is InChI=1S/C23H27FN2O4/c1-17-7-9-18(10-8-17)22(27)25-12-14-30-19(15-25)16-26(11-13-29-2)23(28)20-5-3-4-6-21(20)24/h3-10,19H,11-16H2,1-2H3/t19-/m1/s1. The predicted octanol–water partition coefficient (Wildman–Crippen LogP) is 2.76. The molecule has 1 heterocycles. The monoisotopic (exact) mass is 414 g/mol. The number of hydrogen-bond donors (Lipinski definition) is 0. The molecular weight excluding hydrogens is 387 g/mol. The first-order chi connectivity index (χ1) is 14.5. The highest BCUT2D eigenvalue weighted by atomic mass is 19.1. The normalized spacial score (nSPS) is 16.4. The van der Waals surface area contributed by atoms with Gasteiger partial charge in [0.1, 0.15) is 5.82 Å². The molecule has 1 fully saturated rings. The van der Waals surface area contributed by atoms with Gasteiger partial charge in [0.05, 0.1) is 24.9 Å². The Balaban J connectivity index is 1.69. The van der Waals surface area contributed by atoms with Gasteiger partial charge in [0.15, 0.2) is 0 Å². The van der Waals surface area contributed by atoms with Crippen LogP contribution >= 0.6 is 0 Å². The molecule has 2 aromatic rings. The third-order valence-corrected chi connectivity index (χ3v) is 5.11. The summed E-state index contributed by atoms with van der Waals surface area (Å²) in [4.78, 5) is 29.0. The van der Waals surface area contributed by atoms with Crippen molar-refractivity contribution in [2.24, 2.45) is 0 Å². The molecule has 2 amide bonds. The lowest BCUT2D eigenvalue weighted by Crippen LogP contribution is -2.51. The molecule has 1 aliphatic rings. The highest BCUT2D eigenvalue weighted by Gasteiger charge is 2.29. The predicted molar refractivity (Wildman–Crippen MR) is 111 cm³/mol. The topological polar surface area (TPSA) is 59.1 Å². The number of benzene rings is 2. The molecule has 6 nitrogen and oxygen atoms in total. The second kappa shape index (κ2) is 10.3. The number of amides is 2. The fourth-order valence-electron chi connectivity index (χ4n) is 3.42. The minimum atomic E-state index is -0.564. The number of halogens is 1. The minimum absolute atomic E-state index is 0.0111. The molecule has 0 radical (unpaired) electrons. The van der Waals surface area contributed by atoms with Gasteiger partial charge in [0, 0.05) is 38.9 Å². The second-order valence-electron chi connectivity index (χ2n) is 7.33. The number of hydrogen-bond acceptors (Lipinski definition) is 4. The molecule has 7 heteroatoms. The molecule has 1 aliphatic heterocycles. The van der Waals surface area contributed by atoms with Gasteiger partial charge >= 0.3 is 0 Å². The highest BCUT2D eigenvalue weighted by molar-refractivity contribution is 5.95. The van der Waals surface area contributed by atoms with Crippen LogP contribution in [-0.4, -0.2) is 74.2 Å². The first-order valence-corrected chi connectivity index (χ1v) is 10.00. The van der Waals surface area contributed by atoms with E-state index in [-0.39, 0.29) is 24.1 Å². The van der Waals surface area contributed by atoms with Crippen LogP contribution in [0.4, 0.5) is 4.39 Å². The molecule has 2 aromatic carbocycles. The van der Waals surface area contributed by atoms with E-state index in [9.17, 15) is 14.0 Å². The Kier molecular flexibility index (Phi) is 7.54. The van der Waals surface area contributed by atoms with Crippen LogP contribution in [0, 0.1) is 12.7 Å². The lowest BCUT2D eigenvalue weighted by atomic mass is 10.1. The number of methoxy groups -OCH3 is 1. The fraction of sp³-hybridized carbons (Fsp3) is 0.391. The zero-order valence-electron chi connectivity index (χ0n) is 17.3. The van der Waals surface area contributed by atoms with Crippen molar-refractivity contribution in [3.63, 3.8) is 0 Å². The van der Waals surface area contributed by atoms with Gasteiger partial charge in [-0.2, -0.15) is 0 Å². The first kappa shape index (κ1) is 21.9. The fourth-order valence-corrected chi connectivity index (χ4v) is 3.42. The second-order valence-corrected chi connectivity index (χ2v) is 7.33. The van der Waals surface area contributed by atoms with E-state index in [2.05, 4.69) is 0 Å². The van der Waals surface area contributed by atoms with Crippen LogP contribution in [0.3, 0.4) is 0 Å². The van der Waals surface area contributed by atoms with Crippen LogP contribution in [0.2, 0.25) is 0 Å². The van der Waals surface area contributed by atoms with Gasteiger partial charge < -0.3 is 19.3 Å². The first-order valence-electron chi connectivity index (χ1n) is 10.00. The SMILES string of the molecule is COCCN(C[C@H]1CN(C(=O)c2ccc(C)cc2)CCO1)C(=O)c1ccccc1F. The lowest BCUT2D eigenvalue weighted by Gasteiger charge is -2.36. The van der Waals surface area contributed by atoms with Gasteiger partial charge in [-0.1, -0.05) is 29.8 Å². The summed E-state index contributed by atoms with van der Waals surface area (Å²) in [6.45, 7) is 4.07. The average molecular weight is 414 g/mol. The van der Waals surface area contributed by atoms with Crippen molar-refractivity contribution >= 4 is 11.8 Å². The lowest BCUT2D eigenvalue weighted by molar-refractivity contribution is -0.0347. The number of morpholine rings is 1. The molecule has 0 saturated carbocycles. The van der Waals surface area contributed by atoms with Gasteiger partial charge in [-0.15, -0.1) is 0 Å². The summed E-state index contributed by atoms with van der Waals surface area (Å²) in [5.74, 6) is -1.05. The zero-order valence-corrected chi connectivity index (χ0v) is 17.3. The molecule has 160 valence electrons. The Morgan fingerprint density at radius 3 is 2.63 bits per heavy atom. The largest absolute Gasteiger partial charge is 0.383 e. The number of carbonyl (C=O) groups excluding carboxylic acids is 2. The summed E-state index contributed by atoms with van der Waals surface area (Å²) in [5.41, 5.74) is 1.73. The highest BCUT2D eigenvalue weighted by Crippen LogP contribution is 2.15.